The van der Waals surface area contributed by atoms with Gasteiger partial charge >= 0.3 is 0 Å². The number of nitrogens with zero attached hydrogens (tertiary/aromatic N) is 1. The molecule has 0 unspecified atom stereocenters. The van der Waals surface area contributed by atoms with Gasteiger partial charge in [-0.3, -0.25) is 4.98 Å². The summed E-state index contributed by atoms with van der Waals surface area (Å²) < 4.78 is 32.2. The van der Waals surface area contributed by atoms with Crippen LogP contribution in [-0.2, 0) is 14.8 Å². The van der Waals surface area contributed by atoms with Crippen LogP contribution in [-0.4, -0.2) is 32.7 Å². The summed E-state index contributed by atoms with van der Waals surface area (Å²) in [5.41, 5.74) is -0.671. The second-order valence-corrected chi connectivity index (χ2v) is 6.86. The van der Waals surface area contributed by atoms with Crippen LogP contribution in [0.25, 0.3) is 0 Å². The van der Waals surface area contributed by atoms with E-state index in [4.69, 9.17) is 4.74 Å². The normalized spacial score (nSPS) is 12.7. The lowest BCUT2D eigenvalue weighted by molar-refractivity contribution is 0.141. The minimum Gasteiger partial charge on any atom is -0.383 e. The number of halogens is 1. The van der Waals surface area contributed by atoms with Gasteiger partial charge in [-0.1, -0.05) is 0 Å². The van der Waals surface area contributed by atoms with Crippen molar-refractivity contribution in [3.63, 3.8) is 0 Å². The van der Waals surface area contributed by atoms with Gasteiger partial charge in [-0.25, -0.2) is 13.1 Å². The van der Waals surface area contributed by atoms with E-state index in [-0.39, 0.29) is 11.5 Å². The molecular weight excluding hydrogens is 308 g/mol. The minimum absolute atomic E-state index is 0.121. The predicted molar refractivity (Wildman–Crippen MR) is 68.2 cm³/mol. The summed E-state index contributed by atoms with van der Waals surface area (Å²) in [5, 5.41) is 0. The van der Waals surface area contributed by atoms with Gasteiger partial charge in [0.25, 0.3) is 0 Å². The van der Waals surface area contributed by atoms with Gasteiger partial charge < -0.3 is 4.74 Å². The number of methoxy groups -OCH3 is 1. The fraction of sp³-hybridized carbons (Fsp3) is 0.500. The van der Waals surface area contributed by atoms with Gasteiger partial charge in [0.05, 0.1) is 12.1 Å². The molecule has 0 aliphatic carbocycles. The van der Waals surface area contributed by atoms with Crippen LogP contribution in [0.1, 0.15) is 13.8 Å². The van der Waals surface area contributed by atoms with Gasteiger partial charge in [0.2, 0.25) is 10.0 Å². The van der Waals surface area contributed by atoms with Crippen molar-refractivity contribution in [2.75, 3.05) is 13.7 Å². The third-order valence-electron chi connectivity index (χ3n) is 1.91. The third kappa shape index (κ3) is 4.34. The fourth-order valence-corrected chi connectivity index (χ4v) is 3.25. The molecule has 1 aromatic rings. The molecule has 0 bridgehead atoms. The van der Waals surface area contributed by atoms with Gasteiger partial charge in [-0.15, -0.1) is 0 Å². The summed E-state index contributed by atoms with van der Waals surface area (Å²) in [6, 6.07) is 1.50. The highest BCUT2D eigenvalue weighted by Crippen LogP contribution is 2.16. The van der Waals surface area contributed by atoms with E-state index in [1.165, 1.54) is 25.6 Å². The number of pyridine rings is 1. The maximum absolute atomic E-state index is 12.0. The van der Waals surface area contributed by atoms with Crippen LogP contribution in [0.2, 0.25) is 0 Å². The van der Waals surface area contributed by atoms with E-state index in [1.807, 2.05) is 0 Å². The van der Waals surface area contributed by atoms with Crippen LogP contribution in [0.3, 0.4) is 0 Å². The molecule has 0 aromatic carbocycles. The summed E-state index contributed by atoms with van der Waals surface area (Å²) in [4.78, 5) is 3.95. The molecule has 0 aliphatic rings. The van der Waals surface area contributed by atoms with Crippen molar-refractivity contribution in [2.24, 2.45) is 0 Å². The van der Waals surface area contributed by atoms with Gasteiger partial charge in [0.1, 0.15) is 4.90 Å². The molecule has 0 radical (unpaired) electrons. The molecule has 0 saturated heterocycles. The van der Waals surface area contributed by atoms with Gasteiger partial charge in [0, 0.05) is 24.0 Å². The minimum atomic E-state index is -3.59. The van der Waals surface area contributed by atoms with Gasteiger partial charge in [-0.2, -0.15) is 0 Å². The molecule has 5 nitrogen and oxygen atoms in total. The fourth-order valence-electron chi connectivity index (χ4n) is 1.35. The van der Waals surface area contributed by atoms with Crippen LogP contribution >= 0.6 is 15.9 Å². The zero-order chi connectivity index (χ0) is 13.1. The number of aromatic nitrogens is 1. The number of ether oxygens (including phenoxy) is 1. The lowest BCUT2D eigenvalue weighted by Crippen LogP contribution is -2.46. The molecule has 0 spiro atoms. The van der Waals surface area contributed by atoms with Crippen LogP contribution in [0.4, 0.5) is 0 Å². The van der Waals surface area contributed by atoms with Gasteiger partial charge in [0.15, 0.2) is 0 Å². The van der Waals surface area contributed by atoms with Crippen LogP contribution in [0, 0.1) is 0 Å². The number of sulfonamides is 1. The van der Waals surface area contributed by atoms with Crippen molar-refractivity contribution in [1.82, 2.24) is 9.71 Å². The lowest BCUT2D eigenvalue weighted by atomic mass is 10.1. The number of hydrogen-bond donors (Lipinski definition) is 1. The first-order valence-electron chi connectivity index (χ1n) is 4.90. The summed E-state index contributed by atoms with van der Waals surface area (Å²) in [7, 11) is -2.06. The Morgan fingerprint density at radius 2 is 2.12 bits per heavy atom. The Balaban J connectivity index is 2.97. The van der Waals surface area contributed by atoms with Crippen molar-refractivity contribution in [3.8, 4) is 0 Å². The smallest absolute Gasteiger partial charge is 0.242 e. The summed E-state index contributed by atoms with van der Waals surface area (Å²) in [5.74, 6) is 0. The van der Waals surface area contributed by atoms with Crippen LogP contribution in [0.15, 0.2) is 27.8 Å². The summed E-state index contributed by atoms with van der Waals surface area (Å²) in [6.45, 7) is 3.78. The molecule has 0 fully saturated rings. The van der Waals surface area contributed by atoms with Crippen molar-refractivity contribution in [1.29, 1.82) is 0 Å². The standard InChI is InChI=1S/C10H15BrN2O3S/c1-10(2,7-16-3)13-17(14,15)9-4-8(11)5-12-6-9/h4-6,13H,7H2,1-3H3. The monoisotopic (exact) mass is 322 g/mol. The zero-order valence-electron chi connectivity index (χ0n) is 9.90. The Morgan fingerprint density at radius 3 is 2.65 bits per heavy atom. The van der Waals surface area contributed by atoms with Gasteiger partial charge in [-0.05, 0) is 35.8 Å². The molecule has 0 aliphatic heterocycles. The van der Waals surface area contributed by atoms with Crippen molar-refractivity contribution < 1.29 is 13.2 Å². The molecule has 96 valence electrons. The molecular formula is C10H15BrN2O3S. The van der Waals surface area contributed by atoms with Crippen LogP contribution in [0.5, 0.6) is 0 Å². The number of hydrogen-bond acceptors (Lipinski definition) is 4. The highest BCUT2D eigenvalue weighted by molar-refractivity contribution is 9.10. The lowest BCUT2D eigenvalue weighted by Gasteiger charge is -2.24. The third-order valence-corrected chi connectivity index (χ3v) is 4.00. The molecule has 0 atom stereocenters. The molecule has 17 heavy (non-hydrogen) atoms. The molecule has 1 N–H and O–H groups in total. The van der Waals surface area contributed by atoms with Crippen LogP contribution < -0.4 is 4.72 Å². The van der Waals surface area contributed by atoms with E-state index in [0.29, 0.717) is 4.47 Å². The summed E-state index contributed by atoms with van der Waals surface area (Å²) >= 11 is 3.19. The Kier molecular flexibility index (Phi) is 4.65. The van der Waals surface area contributed by atoms with E-state index in [0.717, 1.165) is 0 Å². The van der Waals surface area contributed by atoms with E-state index < -0.39 is 15.6 Å². The van der Waals surface area contributed by atoms with E-state index in [1.54, 1.807) is 13.8 Å². The molecule has 0 saturated carbocycles. The quantitative estimate of drug-likeness (QED) is 0.893. The number of nitrogens with one attached hydrogen (secondary N) is 1. The molecule has 0 amide bonds. The maximum Gasteiger partial charge on any atom is 0.242 e. The second-order valence-electron chi connectivity index (χ2n) is 4.26. The molecule has 1 rings (SSSR count). The Morgan fingerprint density at radius 1 is 1.47 bits per heavy atom. The zero-order valence-corrected chi connectivity index (χ0v) is 12.3. The van der Waals surface area contributed by atoms with Crippen molar-refractivity contribution in [3.05, 3.63) is 22.9 Å². The molecule has 1 heterocycles. The Hall–Kier alpha value is -0.500. The molecule has 1 aromatic heterocycles. The van der Waals surface area contributed by atoms with E-state index in [9.17, 15) is 8.42 Å². The SMILES string of the molecule is COCC(C)(C)NS(=O)(=O)c1cncc(Br)c1. The highest BCUT2D eigenvalue weighted by Gasteiger charge is 2.26. The maximum atomic E-state index is 12.0. The average Bonchev–Trinajstić information content (AvgIpc) is 2.15. The van der Waals surface area contributed by atoms with Crippen molar-refractivity contribution in [2.45, 2.75) is 24.3 Å². The van der Waals surface area contributed by atoms with E-state index >= 15 is 0 Å². The first-order valence-corrected chi connectivity index (χ1v) is 7.18. The summed E-state index contributed by atoms with van der Waals surface area (Å²) in [6.07, 6.45) is 2.83. The van der Waals surface area contributed by atoms with Crippen molar-refractivity contribution >= 4 is 26.0 Å². The molecule has 7 heteroatoms. The Bertz CT molecular complexity index is 488. The largest absolute Gasteiger partial charge is 0.383 e. The highest BCUT2D eigenvalue weighted by atomic mass is 79.9. The number of rotatable bonds is 5. The predicted octanol–water partition coefficient (Wildman–Crippen LogP) is 1.55. The first kappa shape index (κ1) is 14.6. The topological polar surface area (TPSA) is 68.3 Å². The average molecular weight is 323 g/mol. The first-order chi connectivity index (χ1) is 7.77. The second kappa shape index (κ2) is 5.43. The van der Waals surface area contributed by atoms with E-state index in [2.05, 4.69) is 25.6 Å². The Labute approximate surface area is 110 Å².